The Morgan fingerprint density at radius 2 is 2.25 bits per heavy atom. The normalized spacial score (nSPS) is 10.2. The Hall–Kier alpha value is -0.840. The average molecular weight is 263 g/mol. The van der Waals surface area contributed by atoms with Crippen LogP contribution in [-0.4, -0.2) is 43.1 Å². The lowest BCUT2D eigenvalue weighted by Crippen LogP contribution is -2.30. The Morgan fingerprint density at radius 1 is 1.56 bits per heavy atom. The van der Waals surface area contributed by atoms with Crippen LogP contribution in [0.5, 0.6) is 0 Å². The first-order chi connectivity index (χ1) is 7.56. The molecule has 0 N–H and O–H groups in total. The lowest BCUT2D eigenvalue weighted by molar-refractivity contribution is 0.0744. The summed E-state index contributed by atoms with van der Waals surface area (Å²) in [4.78, 5) is 17.2. The first kappa shape index (κ1) is 13.2. The molecular formula is C10H12Cl2N2O2. The Bertz CT molecular complexity index is 385. The Kier molecular flexibility index (Phi) is 4.99. The van der Waals surface area contributed by atoms with Crippen LogP contribution in [0.3, 0.4) is 0 Å². The van der Waals surface area contributed by atoms with Gasteiger partial charge in [0.05, 0.1) is 17.2 Å². The van der Waals surface area contributed by atoms with Crippen LogP contribution in [0.2, 0.25) is 10.2 Å². The number of nitrogens with zero attached hydrogens (tertiary/aromatic N) is 2. The van der Waals surface area contributed by atoms with E-state index in [1.54, 1.807) is 14.2 Å². The zero-order valence-electron chi connectivity index (χ0n) is 9.04. The molecule has 1 rings (SSSR count). The molecule has 0 atom stereocenters. The first-order valence-corrected chi connectivity index (χ1v) is 5.37. The summed E-state index contributed by atoms with van der Waals surface area (Å²) in [5, 5.41) is 0.534. The number of amides is 1. The second kappa shape index (κ2) is 6.03. The second-order valence-corrected chi connectivity index (χ2v) is 4.00. The molecule has 0 fully saturated rings. The summed E-state index contributed by atoms with van der Waals surface area (Å²) in [6.45, 7) is 0.963. The lowest BCUT2D eigenvalue weighted by Gasteiger charge is -2.17. The number of halogens is 2. The van der Waals surface area contributed by atoms with Gasteiger partial charge in [0.25, 0.3) is 5.91 Å². The predicted molar refractivity (Wildman–Crippen MR) is 63.1 cm³/mol. The largest absolute Gasteiger partial charge is 0.383 e. The summed E-state index contributed by atoms with van der Waals surface area (Å²) in [7, 11) is 3.25. The topological polar surface area (TPSA) is 42.4 Å². The van der Waals surface area contributed by atoms with Crippen LogP contribution in [0, 0.1) is 0 Å². The summed E-state index contributed by atoms with van der Waals surface area (Å²) in [6.07, 6.45) is 1.36. The number of carbonyl (C=O) groups is 1. The van der Waals surface area contributed by atoms with Crippen molar-refractivity contribution in [2.75, 3.05) is 27.3 Å². The van der Waals surface area contributed by atoms with E-state index in [1.165, 1.54) is 17.2 Å². The average Bonchev–Trinajstić information content (AvgIpc) is 2.28. The standard InChI is InChI=1S/C10H12Cl2N2O2/c1-14(3-4-16-2)10(15)7-5-9(12)13-6-8(7)11/h5-6H,3-4H2,1-2H3. The molecular weight excluding hydrogens is 251 g/mol. The molecule has 88 valence electrons. The SMILES string of the molecule is COCCN(C)C(=O)c1cc(Cl)ncc1Cl. The lowest BCUT2D eigenvalue weighted by atomic mass is 10.2. The number of methoxy groups -OCH3 is 1. The Balaban J connectivity index is 2.83. The van der Waals surface area contributed by atoms with Crippen LogP contribution in [0.25, 0.3) is 0 Å². The van der Waals surface area contributed by atoms with Crippen LogP contribution in [0.1, 0.15) is 10.4 Å². The highest BCUT2D eigenvalue weighted by Gasteiger charge is 2.15. The van der Waals surface area contributed by atoms with Crippen LogP contribution < -0.4 is 0 Å². The van der Waals surface area contributed by atoms with Gasteiger partial charge in [-0.3, -0.25) is 4.79 Å². The Labute approximate surface area is 104 Å². The van der Waals surface area contributed by atoms with E-state index in [4.69, 9.17) is 27.9 Å². The molecule has 0 unspecified atom stereocenters. The van der Waals surface area contributed by atoms with Crippen molar-refractivity contribution in [3.8, 4) is 0 Å². The molecule has 6 heteroatoms. The van der Waals surface area contributed by atoms with Gasteiger partial charge >= 0.3 is 0 Å². The number of hydrogen-bond acceptors (Lipinski definition) is 3. The van der Waals surface area contributed by atoms with E-state index in [2.05, 4.69) is 4.98 Å². The van der Waals surface area contributed by atoms with Gasteiger partial charge in [0, 0.05) is 26.9 Å². The van der Waals surface area contributed by atoms with E-state index in [0.29, 0.717) is 23.7 Å². The number of rotatable bonds is 4. The number of aromatic nitrogens is 1. The fraction of sp³-hybridized carbons (Fsp3) is 0.400. The van der Waals surface area contributed by atoms with E-state index < -0.39 is 0 Å². The van der Waals surface area contributed by atoms with E-state index in [-0.39, 0.29) is 11.1 Å². The predicted octanol–water partition coefficient (Wildman–Crippen LogP) is 2.11. The van der Waals surface area contributed by atoms with Crippen molar-refractivity contribution in [2.45, 2.75) is 0 Å². The fourth-order valence-electron chi connectivity index (χ4n) is 1.11. The monoisotopic (exact) mass is 262 g/mol. The van der Waals surface area contributed by atoms with Gasteiger partial charge in [-0.15, -0.1) is 0 Å². The third kappa shape index (κ3) is 3.33. The first-order valence-electron chi connectivity index (χ1n) is 4.61. The van der Waals surface area contributed by atoms with Crippen molar-refractivity contribution >= 4 is 29.1 Å². The van der Waals surface area contributed by atoms with Gasteiger partial charge in [-0.1, -0.05) is 23.2 Å². The molecule has 0 aliphatic carbocycles. The Morgan fingerprint density at radius 3 is 2.88 bits per heavy atom. The van der Waals surface area contributed by atoms with E-state index >= 15 is 0 Å². The van der Waals surface area contributed by atoms with Gasteiger partial charge in [-0.25, -0.2) is 4.98 Å². The summed E-state index contributed by atoms with van der Waals surface area (Å²) < 4.78 is 4.89. The minimum Gasteiger partial charge on any atom is -0.383 e. The zero-order valence-corrected chi connectivity index (χ0v) is 10.5. The van der Waals surface area contributed by atoms with Crippen LogP contribution in [0.15, 0.2) is 12.3 Å². The van der Waals surface area contributed by atoms with Crippen molar-refractivity contribution in [2.24, 2.45) is 0 Å². The van der Waals surface area contributed by atoms with E-state index in [9.17, 15) is 4.79 Å². The van der Waals surface area contributed by atoms with Gasteiger partial charge in [-0.05, 0) is 6.07 Å². The molecule has 0 saturated heterocycles. The summed E-state index contributed by atoms with van der Waals surface area (Å²) >= 11 is 11.6. The van der Waals surface area contributed by atoms with Crippen molar-refractivity contribution < 1.29 is 9.53 Å². The van der Waals surface area contributed by atoms with Crippen LogP contribution >= 0.6 is 23.2 Å². The van der Waals surface area contributed by atoms with Crippen molar-refractivity contribution in [3.63, 3.8) is 0 Å². The molecule has 0 saturated carbocycles. The molecule has 0 aliphatic heterocycles. The zero-order chi connectivity index (χ0) is 12.1. The highest BCUT2D eigenvalue weighted by molar-refractivity contribution is 6.35. The number of ether oxygens (including phenoxy) is 1. The number of carbonyl (C=O) groups excluding carboxylic acids is 1. The summed E-state index contributed by atoms with van der Waals surface area (Å²) in [6, 6.07) is 1.45. The second-order valence-electron chi connectivity index (χ2n) is 3.21. The molecule has 1 heterocycles. The molecule has 0 radical (unpaired) electrons. The number of hydrogen-bond donors (Lipinski definition) is 0. The molecule has 0 bridgehead atoms. The number of pyridine rings is 1. The molecule has 0 aliphatic rings. The maximum atomic E-state index is 11.9. The smallest absolute Gasteiger partial charge is 0.255 e. The van der Waals surface area contributed by atoms with Crippen molar-refractivity contribution in [1.82, 2.24) is 9.88 Å². The van der Waals surface area contributed by atoms with Gasteiger partial charge in [0.2, 0.25) is 0 Å². The van der Waals surface area contributed by atoms with Crippen molar-refractivity contribution in [3.05, 3.63) is 28.0 Å². The molecule has 1 amide bonds. The van der Waals surface area contributed by atoms with Crippen LogP contribution in [0.4, 0.5) is 0 Å². The molecule has 1 aromatic rings. The van der Waals surface area contributed by atoms with Gasteiger partial charge < -0.3 is 9.64 Å². The van der Waals surface area contributed by atoms with E-state index in [0.717, 1.165) is 0 Å². The minimum absolute atomic E-state index is 0.202. The van der Waals surface area contributed by atoms with Crippen LogP contribution in [-0.2, 0) is 4.74 Å². The quantitative estimate of drug-likeness (QED) is 0.781. The summed E-state index contributed by atoms with van der Waals surface area (Å²) in [5.41, 5.74) is 0.347. The fourth-order valence-corrected chi connectivity index (χ4v) is 1.45. The molecule has 16 heavy (non-hydrogen) atoms. The number of likely N-dealkylation sites (N-methyl/N-ethyl adjacent to an activating group) is 1. The molecule has 4 nitrogen and oxygen atoms in total. The van der Waals surface area contributed by atoms with Gasteiger partial charge in [0.15, 0.2) is 0 Å². The minimum atomic E-state index is -0.202. The highest BCUT2D eigenvalue weighted by atomic mass is 35.5. The molecule has 0 aromatic carbocycles. The maximum Gasteiger partial charge on any atom is 0.255 e. The maximum absolute atomic E-state index is 11.9. The third-order valence-corrected chi connectivity index (χ3v) is 2.54. The van der Waals surface area contributed by atoms with Crippen molar-refractivity contribution in [1.29, 1.82) is 0 Å². The molecule has 1 aromatic heterocycles. The third-order valence-electron chi connectivity index (χ3n) is 2.03. The van der Waals surface area contributed by atoms with E-state index in [1.807, 2.05) is 0 Å². The van der Waals surface area contributed by atoms with Gasteiger partial charge in [-0.2, -0.15) is 0 Å². The van der Waals surface area contributed by atoms with Gasteiger partial charge in [0.1, 0.15) is 5.15 Å². The summed E-state index contributed by atoms with van der Waals surface area (Å²) in [5.74, 6) is -0.202. The molecule has 0 spiro atoms. The highest BCUT2D eigenvalue weighted by Crippen LogP contribution is 2.19.